The van der Waals surface area contributed by atoms with Crippen molar-refractivity contribution in [2.45, 2.75) is 26.7 Å². The average Bonchev–Trinajstić information content (AvgIpc) is 3.33. The van der Waals surface area contributed by atoms with E-state index in [2.05, 4.69) is 33.9 Å². The summed E-state index contributed by atoms with van der Waals surface area (Å²) < 4.78 is 5.25. The molecule has 0 bridgehead atoms. The maximum Gasteiger partial charge on any atom is 0.289 e. The molecule has 0 unspecified atom stereocenters. The number of aliphatic imine (C=N–C) groups is 1. The number of halogens is 1. The summed E-state index contributed by atoms with van der Waals surface area (Å²) in [6.07, 6.45) is 3.85. The minimum atomic E-state index is -0.0265. The molecule has 2 aliphatic rings. The number of rotatable bonds is 8. The van der Waals surface area contributed by atoms with Crippen LogP contribution < -0.4 is 5.32 Å². The summed E-state index contributed by atoms with van der Waals surface area (Å²) in [5, 5.41) is 3.41. The van der Waals surface area contributed by atoms with E-state index in [-0.39, 0.29) is 29.9 Å². The van der Waals surface area contributed by atoms with Gasteiger partial charge in [-0.2, -0.15) is 0 Å². The highest BCUT2D eigenvalue weighted by molar-refractivity contribution is 14.0. The second kappa shape index (κ2) is 13.9. The lowest BCUT2D eigenvalue weighted by atomic mass is 10.2. The van der Waals surface area contributed by atoms with E-state index in [1.165, 1.54) is 45.7 Å². The van der Waals surface area contributed by atoms with Crippen LogP contribution in [-0.4, -0.2) is 110 Å². The summed E-state index contributed by atoms with van der Waals surface area (Å²) in [6.45, 7) is 16.1. The molecule has 3 rings (SSSR count). The molecule has 1 aromatic heterocycles. The highest BCUT2D eigenvalue weighted by atomic mass is 127. The zero-order valence-corrected chi connectivity index (χ0v) is 21.4. The maximum atomic E-state index is 12.4. The Labute approximate surface area is 204 Å². The van der Waals surface area contributed by atoms with Gasteiger partial charge in [-0.1, -0.05) is 6.92 Å². The Morgan fingerprint density at radius 1 is 1.00 bits per heavy atom. The van der Waals surface area contributed by atoms with E-state index in [0.717, 1.165) is 38.6 Å². The third-order valence-electron chi connectivity index (χ3n) is 5.99. The third kappa shape index (κ3) is 7.94. The van der Waals surface area contributed by atoms with Crippen LogP contribution >= 0.6 is 24.0 Å². The molecule has 8 nitrogen and oxygen atoms in total. The summed E-state index contributed by atoms with van der Waals surface area (Å²) in [4.78, 5) is 26.5. The number of carbonyl (C=O) groups is 1. The number of hydrogen-bond acceptors (Lipinski definition) is 5. The first-order valence-electron chi connectivity index (χ1n) is 11.5. The molecule has 3 heterocycles. The zero-order valence-electron chi connectivity index (χ0n) is 19.1. The van der Waals surface area contributed by atoms with Gasteiger partial charge in [0.2, 0.25) is 0 Å². The molecule has 2 saturated heterocycles. The van der Waals surface area contributed by atoms with Crippen LogP contribution in [0, 0.1) is 0 Å². The molecular weight excluding hydrogens is 507 g/mol. The summed E-state index contributed by atoms with van der Waals surface area (Å²) in [6, 6.07) is 3.48. The molecule has 0 atom stereocenters. The summed E-state index contributed by atoms with van der Waals surface area (Å²) in [5.74, 6) is 1.36. The predicted octanol–water partition coefficient (Wildman–Crippen LogP) is 2.04. The van der Waals surface area contributed by atoms with Gasteiger partial charge in [0.25, 0.3) is 5.91 Å². The number of nitrogens with one attached hydrogen (secondary N) is 1. The van der Waals surface area contributed by atoms with Crippen molar-refractivity contribution in [2.24, 2.45) is 4.99 Å². The van der Waals surface area contributed by atoms with Crippen molar-refractivity contribution in [3.05, 3.63) is 24.2 Å². The van der Waals surface area contributed by atoms with Crippen LogP contribution in [0.15, 0.2) is 27.8 Å². The molecule has 2 aliphatic heterocycles. The van der Waals surface area contributed by atoms with Crippen molar-refractivity contribution in [3.63, 3.8) is 0 Å². The lowest BCUT2D eigenvalue weighted by Crippen LogP contribution is -2.53. The molecule has 0 saturated carbocycles. The monoisotopic (exact) mass is 546 g/mol. The Hall–Kier alpha value is -1.33. The van der Waals surface area contributed by atoms with Gasteiger partial charge in [0, 0.05) is 65.4 Å². The van der Waals surface area contributed by atoms with Gasteiger partial charge >= 0.3 is 0 Å². The van der Waals surface area contributed by atoms with E-state index >= 15 is 0 Å². The first kappa shape index (κ1) is 25.9. The zero-order chi connectivity index (χ0) is 21.2. The van der Waals surface area contributed by atoms with Crippen LogP contribution in [0.5, 0.6) is 0 Å². The average molecular weight is 546 g/mol. The Bertz CT molecular complexity index is 653. The van der Waals surface area contributed by atoms with Gasteiger partial charge in [0.1, 0.15) is 0 Å². The second-order valence-corrected chi connectivity index (χ2v) is 7.98. The predicted molar refractivity (Wildman–Crippen MR) is 135 cm³/mol. The summed E-state index contributed by atoms with van der Waals surface area (Å²) in [7, 11) is 0. The minimum absolute atomic E-state index is 0. The SMILES string of the molecule is CCNC(=NCCCCN1CCN(CC)CC1)N1CCN(C(=O)c2ccco2)CC1.I. The molecule has 1 aromatic rings. The molecule has 0 radical (unpaired) electrons. The van der Waals surface area contributed by atoms with Crippen LogP contribution in [0.2, 0.25) is 0 Å². The van der Waals surface area contributed by atoms with Crippen LogP contribution in [-0.2, 0) is 0 Å². The fraction of sp³-hybridized carbons (Fsp3) is 0.727. The minimum Gasteiger partial charge on any atom is -0.459 e. The standard InChI is InChI=1S/C22H38N6O2.HI/c1-3-23-22(24-9-5-6-10-26-13-11-25(4-2)12-14-26)28-17-15-27(16-18-28)21(29)20-8-7-19-30-20;/h7-8,19H,3-6,9-18H2,1-2H3,(H,23,24);1H. The van der Waals surface area contributed by atoms with Gasteiger partial charge in [-0.05, 0) is 45.0 Å². The van der Waals surface area contributed by atoms with E-state index in [0.29, 0.717) is 18.8 Å². The lowest BCUT2D eigenvalue weighted by molar-refractivity contribution is 0.0657. The number of piperazine rings is 2. The Morgan fingerprint density at radius 2 is 1.68 bits per heavy atom. The molecular formula is C22H39IN6O2. The molecule has 9 heteroatoms. The van der Waals surface area contributed by atoms with Gasteiger partial charge in [-0.3, -0.25) is 9.79 Å². The van der Waals surface area contributed by atoms with Crippen molar-refractivity contribution in [1.29, 1.82) is 0 Å². The van der Waals surface area contributed by atoms with Crippen molar-refractivity contribution in [3.8, 4) is 0 Å². The van der Waals surface area contributed by atoms with E-state index in [9.17, 15) is 4.79 Å². The molecule has 31 heavy (non-hydrogen) atoms. The smallest absolute Gasteiger partial charge is 0.289 e. The Morgan fingerprint density at radius 3 is 2.29 bits per heavy atom. The Kier molecular flexibility index (Phi) is 11.7. The van der Waals surface area contributed by atoms with Crippen molar-refractivity contribution < 1.29 is 9.21 Å². The maximum absolute atomic E-state index is 12.4. The lowest BCUT2D eigenvalue weighted by Gasteiger charge is -2.36. The van der Waals surface area contributed by atoms with Gasteiger partial charge < -0.3 is 29.3 Å². The topological polar surface area (TPSA) is 67.6 Å². The molecule has 1 amide bonds. The van der Waals surface area contributed by atoms with Crippen LogP contribution in [0.4, 0.5) is 0 Å². The van der Waals surface area contributed by atoms with Gasteiger partial charge in [-0.15, -0.1) is 24.0 Å². The first-order chi connectivity index (χ1) is 14.7. The highest BCUT2D eigenvalue weighted by Gasteiger charge is 2.25. The quantitative estimate of drug-likeness (QED) is 0.233. The number of unbranched alkanes of at least 4 members (excludes halogenated alkanes) is 1. The summed E-state index contributed by atoms with van der Waals surface area (Å²) >= 11 is 0. The number of guanidine groups is 1. The van der Waals surface area contributed by atoms with E-state index in [1.807, 2.05) is 4.90 Å². The van der Waals surface area contributed by atoms with Crippen molar-refractivity contribution in [2.75, 3.05) is 78.5 Å². The number of furan rings is 1. The largest absolute Gasteiger partial charge is 0.459 e. The number of likely N-dealkylation sites (N-methyl/N-ethyl adjacent to an activating group) is 1. The van der Waals surface area contributed by atoms with Crippen LogP contribution in [0.3, 0.4) is 0 Å². The van der Waals surface area contributed by atoms with E-state index in [1.54, 1.807) is 18.4 Å². The first-order valence-corrected chi connectivity index (χ1v) is 11.5. The molecule has 0 aliphatic carbocycles. The number of hydrogen-bond donors (Lipinski definition) is 1. The molecule has 176 valence electrons. The number of amides is 1. The fourth-order valence-corrected chi connectivity index (χ4v) is 4.06. The molecule has 1 N–H and O–H groups in total. The second-order valence-electron chi connectivity index (χ2n) is 7.98. The normalized spacial score (nSPS) is 18.7. The van der Waals surface area contributed by atoms with Gasteiger partial charge in [0.05, 0.1) is 6.26 Å². The fourth-order valence-electron chi connectivity index (χ4n) is 4.06. The van der Waals surface area contributed by atoms with E-state index < -0.39 is 0 Å². The van der Waals surface area contributed by atoms with Crippen molar-refractivity contribution >= 4 is 35.8 Å². The number of nitrogens with zero attached hydrogens (tertiary/aromatic N) is 5. The highest BCUT2D eigenvalue weighted by Crippen LogP contribution is 2.10. The van der Waals surface area contributed by atoms with Crippen LogP contribution in [0.1, 0.15) is 37.2 Å². The molecule has 0 aromatic carbocycles. The summed E-state index contributed by atoms with van der Waals surface area (Å²) in [5.41, 5.74) is 0. The van der Waals surface area contributed by atoms with Gasteiger partial charge in [-0.25, -0.2) is 0 Å². The van der Waals surface area contributed by atoms with Gasteiger partial charge in [0.15, 0.2) is 11.7 Å². The van der Waals surface area contributed by atoms with Crippen LogP contribution in [0.25, 0.3) is 0 Å². The number of carbonyl (C=O) groups excluding carboxylic acids is 1. The Balaban J connectivity index is 0.00000341. The molecule has 0 spiro atoms. The third-order valence-corrected chi connectivity index (χ3v) is 5.99. The molecule has 2 fully saturated rings. The van der Waals surface area contributed by atoms with Crippen molar-refractivity contribution in [1.82, 2.24) is 24.9 Å². The van der Waals surface area contributed by atoms with E-state index in [4.69, 9.17) is 9.41 Å².